The van der Waals surface area contributed by atoms with Crippen LogP contribution in [0.4, 0.5) is 5.82 Å². The zero-order valence-electron chi connectivity index (χ0n) is 15.0. The minimum Gasteiger partial charge on any atom is -0.507 e. The molecule has 134 valence electrons. The Labute approximate surface area is 158 Å². The molecule has 0 saturated carbocycles. The summed E-state index contributed by atoms with van der Waals surface area (Å²) in [5.41, 5.74) is 3.43. The molecule has 26 heavy (non-hydrogen) atoms. The Kier molecular flexibility index (Phi) is 5.78. The molecule has 1 aromatic heterocycles. The maximum Gasteiger partial charge on any atom is 0.257 e. The number of aromatic nitrogens is 1. The fourth-order valence-electron chi connectivity index (χ4n) is 2.76. The molecule has 1 aromatic carbocycles. The molecule has 0 spiro atoms. The monoisotopic (exact) mass is 366 g/mol. The number of allylic oxidation sites excluding steroid dienone is 3. The molecular formula is C21H22N2O2S. The highest BCUT2D eigenvalue weighted by atomic mass is 32.2. The maximum absolute atomic E-state index is 12.7. The van der Waals surface area contributed by atoms with E-state index in [9.17, 15) is 9.90 Å². The van der Waals surface area contributed by atoms with Crippen LogP contribution in [0.15, 0.2) is 59.2 Å². The van der Waals surface area contributed by atoms with Crippen LogP contribution in [0.5, 0.6) is 5.75 Å². The molecule has 0 unspecified atom stereocenters. The Morgan fingerprint density at radius 2 is 2.12 bits per heavy atom. The van der Waals surface area contributed by atoms with Crippen molar-refractivity contribution in [3.05, 3.63) is 71.0 Å². The standard InChI is InChI=1S/C21H22N2O2S/c1-14-7-6-10-22-20(14)23-21(25)17-12-19(18(24)11-15(17)2)26-13-16-8-4-3-5-9-16/h4,6-12,24H,3,5,13H2,1-2H3,(H,22,23,25). The van der Waals surface area contributed by atoms with Crippen LogP contribution < -0.4 is 5.32 Å². The molecule has 5 heteroatoms. The van der Waals surface area contributed by atoms with Gasteiger partial charge in [-0.15, -0.1) is 11.8 Å². The molecular weight excluding hydrogens is 344 g/mol. The van der Waals surface area contributed by atoms with E-state index in [0.29, 0.717) is 16.3 Å². The van der Waals surface area contributed by atoms with E-state index in [1.807, 2.05) is 26.0 Å². The van der Waals surface area contributed by atoms with E-state index < -0.39 is 0 Å². The van der Waals surface area contributed by atoms with Gasteiger partial charge in [0.25, 0.3) is 5.91 Å². The number of aryl methyl sites for hydroxylation is 2. The Morgan fingerprint density at radius 1 is 1.27 bits per heavy atom. The van der Waals surface area contributed by atoms with Crippen molar-refractivity contribution in [1.29, 1.82) is 0 Å². The van der Waals surface area contributed by atoms with E-state index in [-0.39, 0.29) is 11.7 Å². The van der Waals surface area contributed by atoms with Gasteiger partial charge in [-0.3, -0.25) is 4.79 Å². The summed E-state index contributed by atoms with van der Waals surface area (Å²) in [7, 11) is 0. The number of carbonyl (C=O) groups excluding carboxylic acids is 1. The van der Waals surface area contributed by atoms with E-state index in [1.54, 1.807) is 18.3 Å². The molecule has 2 N–H and O–H groups in total. The number of rotatable bonds is 5. The van der Waals surface area contributed by atoms with Crippen LogP contribution in [-0.2, 0) is 0 Å². The first-order valence-corrected chi connectivity index (χ1v) is 9.58. The quantitative estimate of drug-likeness (QED) is 0.729. The second kappa shape index (κ2) is 8.23. The molecule has 0 aliphatic heterocycles. The number of hydrogen-bond donors (Lipinski definition) is 2. The number of aromatic hydroxyl groups is 1. The number of nitrogens with one attached hydrogen (secondary N) is 1. The SMILES string of the molecule is Cc1cc(O)c(SCC2=CCCC=C2)cc1C(=O)Nc1ncccc1C. The lowest BCUT2D eigenvalue weighted by Gasteiger charge is -2.13. The molecule has 4 nitrogen and oxygen atoms in total. The van der Waals surface area contributed by atoms with Crippen molar-refractivity contribution < 1.29 is 9.90 Å². The molecule has 1 aliphatic carbocycles. The summed E-state index contributed by atoms with van der Waals surface area (Å²) in [6, 6.07) is 7.14. The molecule has 0 fully saturated rings. The summed E-state index contributed by atoms with van der Waals surface area (Å²) in [5.74, 6) is 1.31. The predicted molar refractivity (Wildman–Crippen MR) is 107 cm³/mol. The zero-order chi connectivity index (χ0) is 18.5. The third-order valence-corrected chi connectivity index (χ3v) is 5.37. The molecule has 1 heterocycles. The summed E-state index contributed by atoms with van der Waals surface area (Å²) in [5, 5.41) is 13.1. The second-order valence-electron chi connectivity index (χ2n) is 6.31. The summed E-state index contributed by atoms with van der Waals surface area (Å²) in [6.45, 7) is 3.72. The Balaban J connectivity index is 1.78. The number of carbonyl (C=O) groups is 1. The van der Waals surface area contributed by atoms with Gasteiger partial charge in [0, 0.05) is 17.5 Å². The lowest BCUT2D eigenvalue weighted by molar-refractivity contribution is 0.102. The van der Waals surface area contributed by atoms with Crippen LogP contribution >= 0.6 is 11.8 Å². The topological polar surface area (TPSA) is 62.2 Å². The van der Waals surface area contributed by atoms with Crippen LogP contribution in [0.25, 0.3) is 0 Å². The average Bonchev–Trinajstić information content (AvgIpc) is 2.63. The average molecular weight is 366 g/mol. The third kappa shape index (κ3) is 4.35. The van der Waals surface area contributed by atoms with Gasteiger partial charge in [-0.25, -0.2) is 4.98 Å². The van der Waals surface area contributed by atoms with E-state index >= 15 is 0 Å². The van der Waals surface area contributed by atoms with Gasteiger partial charge >= 0.3 is 0 Å². The van der Waals surface area contributed by atoms with Crippen molar-refractivity contribution in [3.8, 4) is 5.75 Å². The lowest BCUT2D eigenvalue weighted by atomic mass is 10.1. The van der Waals surface area contributed by atoms with Crippen LogP contribution in [0, 0.1) is 13.8 Å². The van der Waals surface area contributed by atoms with E-state index in [2.05, 4.69) is 28.5 Å². The fourth-order valence-corrected chi connectivity index (χ4v) is 3.70. The van der Waals surface area contributed by atoms with Crippen molar-refractivity contribution >= 4 is 23.5 Å². The van der Waals surface area contributed by atoms with Crippen LogP contribution in [-0.4, -0.2) is 21.8 Å². The number of pyridine rings is 1. The van der Waals surface area contributed by atoms with Crippen LogP contribution in [0.1, 0.15) is 34.3 Å². The molecule has 0 atom stereocenters. The van der Waals surface area contributed by atoms with Gasteiger partial charge in [-0.1, -0.05) is 24.3 Å². The fraction of sp³-hybridized carbons (Fsp3) is 0.238. The third-order valence-electron chi connectivity index (χ3n) is 4.26. The van der Waals surface area contributed by atoms with Crippen LogP contribution in [0.2, 0.25) is 0 Å². The first-order chi connectivity index (χ1) is 12.5. The van der Waals surface area contributed by atoms with Gasteiger partial charge in [0.1, 0.15) is 11.6 Å². The number of nitrogens with zero attached hydrogens (tertiary/aromatic N) is 1. The predicted octanol–water partition coefficient (Wildman–Crippen LogP) is 5.02. The molecule has 3 rings (SSSR count). The van der Waals surface area contributed by atoms with Crippen molar-refractivity contribution in [1.82, 2.24) is 4.98 Å². The van der Waals surface area contributed by atoms with Crippen molar-refractivity contribution in [2.75, 3.05) is 11.1 Å². The Bertz CT molecular complexity index is 888. The number of anilines is 1. The molecule has 0 saturated heterocycles. The smallest absolute Gasteiger partial charge is 0.257 e. The Morgan fingerprint density at radius 3 is 2.85 bits per heavy atom. The highest BCUT2D eigenvalue weighted by Gasteiger charge is 2.15. The van der Waals surface area contributed by atoms with Gasteiger partial charge in [-0.2, -0.15) is 0 Å². The van der Waals surface area contributed by atoms with Gasteiger partial charge in [0.05, 0.1) is 4.90 Å². The molecule has 1 aliphatic rings. The number of phenols is 1. The number of thioether (sulfide) groups is 1. The summed E-state index contributed by atoms with van der Waals surface area (Å²) in [4.78, 5) is 17.6. The van der Waals surface area contributed by atoms with Crippen molar-refractivity contribution in [3.63, 3.8) is 0 Å². The van der Waals surface area contributed by atoms with Gasteiger partial charge in [0.2, 0.25) is 0 Å². The van der Waals surface area contributed by atoms with Crippen molar-refractivity contribution in [2.24, 2.45) is 0 Å². The second-order valence-corrected chi connectivity index (χ2v) is 7.32. The lowest BCUT2D eigenvalue weighted by Crippen LogP contribution is -2.15. The summed E-state index contributed by atoms with van der Waals surface area (Å²) >= 11 is 1.54. The number of benzene rings is 1. The van der Waals surface area contributed by atoms with E-state index in [4.69, 9.17) is 0 Å². The van der Waals surface area contributed by atoms with Gasteiger partial charge in [0.15, 0.2) is 0 Å². The van der Waals surface area contributed by atoms with E-state index in [0.717, 1.165) is 29.7 Å². The summed E-state index contributed by atoms with van der Waals surface area (Å²) < 4.78 is 0. The maximum atomic E-state index is 12.7. The minimum atomic E-state index is -0.220. The minimum absolute atomic E-state index is 0.207. The number of amides is 1. The molecule has 2 aromatic rings. The molecule has 1 amide bonds. The molecule has 0 bridgehead atoms. The Hall–Kier alpha value is -2.53. The largest absolute Gasteiger partial charge is 0.507 e. The van der Waals surface area contributed by atoms with Gasteiger partial charge in [-0.05, 0) is 61.6 Å². The van der Waals surface area contributed by atoms with Crippen molar-refractivity contribution in [2.45, 2.75) is 31.6 Å². The van der Waals surface area contributed by atoms with Gasteiger partial charge < -0.3 is 10.4 Å². The highest BCUT2D eigenvalue weighted by Crippen LogP contribution is 2.33. The van der Waals surface area contributed by atoms with E-state index in [1.165, 1.54) is 17.3 Å². The molecule has 0 radical (unpaired) electrons. The summed E-state index contributed by atoms with van der Waals surface area (Å²) in [6.07, 6.45) is 10.3. The zero-order valence-corrected chi connectivity index (χ0v) is 15.8. The number of hydrogen-bond acceptors (Lipinski definition) is 4. The number of phenolic OH excluding ortho intramolecular Hbond substituents is 1. The first kappa shape index (κ1) is 18.3. The highest BCUT2D eigenvalue weighted by molar-refractivity contribution is 7.99. The first-order valence-electron chi connectivity index (χ1n) is 8.59. The normalized spacial score (nSPS) is 13.4. The van der Waals surface area contributed by atoms with Crippen LogP contribution in [0.3, 0.4) is 0 Å².